The Morgan fingerprint density at radius 3 is 2.43 bits per heavy atom. The number of amides is 1. The van der Waals surface area contributed by atoms with Gasteiger partial charge in [-0.05, 0) is 67.4 Å². The van der Waals surface area contributed by atoms with E-state index in [4.69, 9.17) is 9.84 Å². The standard InChI is InChI=1S/C28H27N3O4/c32-27-25(23-17-22(35-28(33)34)13-14-24(23)30-27)26(20-7-3-1-4-8-20)29-21-11-9-19(10-12-21)18-31-15-5-2-6-16-31/h1,3-4,7-14,17,29H,2,5-6,15-16,18H2,(H,30,32)(H,33,34)/b26-25-. The normalized spacial score (nSPS) is 16.9. The van der Waals surface area contributed by atoms with E-state index in [9.17, 15) is 9.59 Å². The van der Waals surface area contributed by atoms with Crippen LogP contribution in [0.3, 0.4) is 0 Å². The first-order valence-corrected chi connectivity index (χ1v) is 11.8. The number of piperidine rings is 1. The highest BCUT2D eigenvalue weighted by atomic mass is 16.7. The molecule has 3 aromatic carbocycles. The molecule has 3 N–H and O–H groups in total. The summed E-state index contributed by atoms with van der Waals surface area (Å²) in [7, 11) is 0. The molecule has 5 rings (SSSR count). The quantitative estimate of drug-likeness (QED) is 0.245. The maximum atomic E-state index is 13.1. The fraction of sp³-hybridized carbons (Fsp3) is 0.214. The van der Waals surface area contributed by atoms with Crippen LogP contribution in [0.4, 0.5) is 16.2 Å². The number of likely N-dealkylation sites (tertiary alicyclic amines) is 1. The predicted octanol–water partition coefficient (Wildman–Crippen LogP) is 5.66. The number of benzene rings is 3. The second kappa shape index (κ2) is 10.0. The monoisotopic (exact) mass is 469 g/mol. The summed E-state index contributed by atoms with van der Waals surface area (Å²) in [6.07, 6.45) is 2.43. The first-order chi connectivity index (χ1) is 17.1. The van der Waals surface area contributed by atoms with Gasteiger partial charge in [-0.1, -0.05) is 48.9 Å². The van der Waals surface area contributed by atoms with Gasteiger partial charge in [0.15, 0.2) is 0 Å². The number of rotatable bonds is 6. The van der Waals surface area contributed by atoms with E-state index in [1.54, 1.807) is 12.1 Å². The summed E-state index contributed by atoms with van der Waals surface area (Å²) in [4.78, 5) is 26.6. The van der Waals surface area contributed by atoms with Crippen molar-refractivity contribution in [3.63, 3.8) is 0 Å². The van der Waals surface area contributed by atoms with Crippen LogP contribution in [0.1, 0.15) is 36.0 Å². The molecular formula is C28H27N3O4. The van der Waals surface area contributed by atoms with Gasteiger partial charge in [-0.25, -0.2) is 4.79 Å². The third kappa shape index (κ3) is 5.20. The lowest BCUT2D eigenvalue weighted by Crippen LogP contribution is -2.29. The van der Waals surface area contributed by atoms with Crippen molar-refractivity contribution < 1.29 is 19.4 Å². The van der Waals surface area contributed by atoms with E-state index in [1.807, 2.05) is 42.5 Å². The van der Waals surface area contributed by atoms with Crippen LogP contribution < -0.4 is 15.4 Å². The minimum absolute atomic E-state index is 0.153. The van der Waals surface area contributed by atoms with Crippen LogP contribution in [0.25, 0.3) is 11.3 Å². The van der Waals surface area contributed by atoms with Crippen LogP contribution >= 0.6 is 0 Å². The van der Waals surface area contributed by atoms with Crippen LogP contribution in [0.15, 0.2) is 72.8 Å². The van der Waals surface area contributed by atoms with E-state index >= 15 is 0 Å². The van der Waals surface area contributed by atoms with Crippen molar-refractivity contribution in [1.29, 1.82) is 0 Å². The lowest BCUT2D eigenvalue weighted by Gasteiger charge is -2.26. The highest BCUT2D eigenvalue weighted by Gasteiger charge is 2.29. The average molecular weight is 470 g/mol. The van der Waals surface area contributed by atoms with Crippen molar-refractivity contribution in [1.82, 2.24) is 4.90 Å². The second-order valence-electron chi connectivity index (χ2n) is 8.80. The van der Waals surface area contributed by atoms with E-state index in [0.717, 1.165) is 30.9 Å². The molecule has 0 bridgehead atoms. The number of carbonyl (C=O) groups excluding carboxylic acids is 1. The zero-order valence-corrected chi connectivity index (χ0v) is 19.3. The van der Waals surface area contributed by atoms with Crippen molar-refractivity contribution in [2.24, 2.45) is 0 Å². The average Bonchev–Trinajstić information content (AvgIpc) is 3.19. The highest BCUT2D eigenvalue weighted by molar-refractivity contribution is 6.37. The Balaban J connectivity index is 1.49. The number of anilines is 2. The molecule has 0 aliphatic carbocycles. The van der Waals surface area contributed by atoms with E-state index in [-0.39, 0.29) is 11.7 Å². The molecule has 2 aliphatic rings. The Morgan fingerprint density at radius 1 is 0.971 bits per heavy atom. The van der Waals surface area contributed by atoms with Crippen molar-refractivity contribution in [2.45, 2.75) is 25.8 Å². The Morgan fingerprint density at radius 2 is 1.71 bits per heavy atom. The summed E-state index contributed by atoms with van der Waals surface area (Å²) in [6, 6.07) is 22.6. The molecule has 0 atom stereocenters. The van der Waals surface area contributed by atoms with Gasteiger partial charge in [0.2, 0.25) is 0 Å². The largest absolute Gasteiger partial charge is 0.511 e. The van der Waals surface area contributed by atoms with Gasteiger partial charge in [0.1, 0.15) is 5.75 Å². The highest BCUT2D eigenvalue weighted by Crippen LogP contribution is 2.39. The fourth-order valence-electron chi connectivity index (χ4n) is 4.66. The summed E-state index contributed by atoms with van der Waals surface area (Å²) in [5, 5.41) is 15.3. The lowest BCUT2D eigenvalue weighted by atomic mass is 9.99. The molecule has 1 fully saturated rings. The minimum atomic E-state index is -1.40. The summed E-state index contributed by atoms with van der Waals surface area (Å²) in [6.45, 7) is 3.23. The second-order valence-corrected chi connectivity index (χ2v) is 8.80. The molecule has 3 aromatic rings. The van der Waals surface area contributed by atoms with Gasteiger partial charge in [-0.2, -0.15) is 0 Å². The maximum absolute atomic E-state index is 13.1. The molecule has 0 saturated carbocycles. The summed E-state index contributed by atoms with van der Waals surface area (Å²) in [5.41, 5.74) is 5.21. The number of carboxylic acid groups (broad SMARTS) is 1. The van der Waals surface area contributed by atoms with Crippen LogP contribution in [-0.4, -0.2) is 35.2 Å². The molecule has 0 radical (unpaired) electrons. The van der Waals surface area contributed by atoms with Crippen molar-refractivity contribution in [3.8, 4) is 5.75 Å². The number of carbonyl (C=O) groups is 2. The first kappa shape index (κ1) is 22.7. The van der Waals surface area contributed by atoms with Crippen molar-refractivity contribution in [2.75, 3.05) is 23.7 Å². The summed E-state index contributed by atoms with van der Waals surface area (Å²) < 4.78 is 4.83. The molecule has 0 spiro atoms. The van der Waals surface area contributed by atoms with Gasteiger partial charge in [0.25, 0.3) is 5.91 Å². The van der Waals surface area contributed by atoms with E-state index in [1.165, 1.54) is 30.9 Å². The Hall–Kier alpha value is -4.10. The van der Waals surface area contributed by atoms with E-state index in [0.29, 0.717) is 22.5 Å². The number of fused-ring (bicyclic) bond motifs is 1. The smallest absolute Gasteiger partial charge is 0.449 e. The van der Waals surface area contributed by atoms with Gasteiger partial charge in [-0.15, -0.1) is 0 Å². The van der Waals surface area contributed by atoms with Gasteiger partial charge < -0.3 is 20.5 Å². The number of nitrogens with one attached hydrogen (secondary N) is 2. The first-order valence-electron chi connectivity index (χ1n) is 11.8. The minimum Gasteiger partial charge on any atom is -0.449 e. The molecule has 178 valence electrons. The predicted molar refractivity (Wildman–Crippen MR) is 136 cm³/mol. The molecule has 1 saturated heterocycles. The molecule has 7 nitrogen and oxygen atoms in total. The van der Waals surface area contributed by atoms with E-state index < -0.39 is 6.16 Å². The fourth-order valence-corrected chi connectivity index (χ4v) is 4.66. The van der Waals surface area contributed by atoms with Gasteiger partial charge in [-0.3, -0.25) is 9.69 Å². The Bertz CT molecular complexity index is 1260. The third-order valence-corrected chi connectivity index (χ3v) is 6.33. The molecule has 0 aromatic heterocycles. The number of ether oxygens (including phenoxy) is 1. The maximum Gasteiger partial charge on any atom is 0.511 e. The topological polar surface area (TPSA) is 90.9 Å². The number of hydrogen-bond donors (Lipinski definition) is 3. The third-order valence-electron chi connectivity index (χ3n) is 6.33. The molecule has 2 heterocycles. The number of hydrogen-bond acceptors (Lipinski definition) is 5. The summed E-state index contributed by atoms with van der Waals surface area (Å²) in [5.74, 6) is -0.111. The lowest BCUT2D eigenvalue weighted by molar-refractivity contribution is -0.110. The van der Waals surface area contributed by atoms with Gasteiger partial charge >= 0.3 is 6.16 Å². The molecule has 35 heavy (non-hydrogen) atoms. The molecule has 2 aliphatic heterocycles. The van der Waals surface area contributed by atoms with Gasteiger partial charge in [0.05, 0.1) is 11.3 Å². The molecule has 0 unspecified atom stereocenters. The summed E-state index contributed by atoms with van der Waals surface area (Å²) >= 11 is 0. The van der Waals surface area contributed by atoms with Gasteiger partial charge in [0, 0.05) is 23.5 Å². The van der Waals surface area contributed by atoms with Crippen LogP contribution in [0.2, 0.25) is 0 Å². The number of nitrogens with zero attached hydrogens (tertiary/aromatic N) is 1. The zero-order valence-electron chi connectivity index (χ0n) is 19.3. The molecule has 1 amide bonds. The zero-order chi connectivity index (χ0) is 24.2. The van der Waals surface area contributed by atoms with Crippen LogP contribution in [-0.2, 0) is 11.3 Å². The van der Waals surface area contributed by atoms with Crippen LogP contribution in [0.5, 0.6) is 5.75 Å². The SMILES string of the molecule is O=C(O)Oc1ccc2c(c1)/C(=C(/Nc1ccc(CN3CCCCC3)cc1)c1ccccc1)C(=O)N2. The van der Waals surface area contributed by atoms with Crippen molar-refractivity contribution >= 4 is 34.7 Å². The Kier molecular flexibility index (Phi) is 6.50. The molecular weight excluding hydrogens is 442 g/mol. The van der Waals surface area contributed by atoms with Crippen LogP contribution in [0, 0.1) is 0 Å². The Labute approximate surface area is 204 Å². The van der Waals surface area contributed by atoms with E-state index in [2.05, 4.69) is 27.7 Å². The molecule has 7 heteroatoms. The van der Waals surface area contributed by atoms with Crippen molar-refractivity contribution in [3.05, 3.63) is 89.5 Å².